The normalized spacial score (nSPS) is 11.1. The lowest BCUT2D eigenvalue weighted by atomic mass is 10.1. The molecule has 102 valence electrons. The zero-order valence-corrected chi connectivity index (χ0v) is 11.3. The smallest absolute Gasteiger partial charge is 0.134 e. The van der Waals surface area contributed by atoms with Gasteiger partial charge < -0.3 is 9.52 Å². The van der Waals surface area contributed by atoms with Crippen LogP contribution in [0.2, 0.25) is 0 Å². The molecule has 0 aliphatic rings. The summed E-state index contributed by atoms with van der Waals surface area (Å²) in [6, 6.07) is 9.87. The molecule has 0 bridgehead atoms. The number of aryl methyl sites for hydroxylation is 2. The highest BCUT2D eigenvalue weighted by molar-refractivity contribution is 5.92. The number of aromatic nitrogens is 2. The van der Waals surface area contributed by atoms with Gasteiger partial charge in [0.25, 0.3) is 0 Å². The molecule has 20 heavy (non-hydrogen) atoms. The Hall–Kier alpha value is -2.20. The van der Waals surface area contributed by atoms with Gasteiger partial charge in [0, 0.05) is 29.7 Å². The average molecular weight is 268 g/mol. The van der Waals surface area contributed by atoms with Gasteiger partial charge in [-0.25, -0.2) is 9.97 Å². The molecule has 1 N–H and O–H groups in total. The summed E-state index contributed by atoms with van der Waals surface area (Å²) in [6.45, 7) is 2.11. The Morgan fingerprint density at radius 1 is 1.20 bits per heavy atom. The number of rotatable bonds is 4. The van der Waals surface area contributed by atoms with Gasteiger partial charge in [-0.3, -0.25) is 0 Å². The van der Waals surface area contributed by atoms with Gasteiger partial charge in [0.2, 0.25) is 0 Å². The molecule has 0 amide bonds. The van der Waals surface area contributed by atoms with Crippen molar-refractivity contribution in [1.82, 2.24) is 9.97 Å². The number of nitrogens with zero attached hydrogens (tertiary/aromatic N) is 2. The summed E-state index contributed by atoms with van der Waals surface area (Å²) in [6.07, 6.45) is 3.10. The van der Waals surface area contributed by atoms with Gasteiger partial charge in [0.05, 0.1) is 5.69 Å². The van der Waals surface area contributed by atoms with Crippen molar-refractivity contribution in [3.05, 3.63) is 48.1 Å². The van der Waals surface area contributed by atoms with E-state index in [1.54, 1.807) is 6.26 Å². The minimum Gasteiger partial charge on any atom is -0.464 e. The minimum absolute atomic E-state index is 0.154. The maximum Gasteiger partial charge on any atom is 0.134 e. The van der Waals surface area contributed by atoms with E-state index in [0.29, 0.717) is 12.8 Å². The second-order valence-corrected chi connectivity index (χ2v) is 4.78. The van der Waals surface area contributed by atoms with Crippen molar-refractivity contribution in [2.24, 2.45) is 0 Å². The van der Waals surface area contributed by atoms with Crippen molar-refractivity contribution >= 4 is 11.0 Å². The van der Waals surface area contributed by atoms with Crippen LogP contribution >= 0.6 is 0 Å². The fraction of sp³-hybridized carbons (Fsp3) is 0.250. The summed E-state index contributed by atoms with van der Waals surface area (Å²) >= 11 is 0. The molecule has 0 aliphatic carbocycles. The molecule has 0 saturated carbocycles. The van der Waals surface area contributed by atoms with E-state index >= 15 is 0 Å². The van der Waals surface area contributed by atoms with Crippen LogP contribution in [0.4, 0.5) is 0 Å². The predicted molar refractivity (Wildman–Crippen MR) is 77.4 cm³/mol. The molecule has 3 aromatic rings. The quantitative estimate of drug-likeness (QED) is 0.789. The van der Waals surface area contributed by atoms with Crippen LogP contribution in [-0.4, -0.2) is 21.7 Å². The monoisotopic (exact) mass is 268 g/mol. The van der Waals surface area contributed by atoms with Gasteiger partial charge in [0.15, 0.2) is 0 Å². The van der Waals surface area contributed by atoms with E-state index in [4.69, 9.17) is 9.52 Å². The van der Waals surface area contributed by atoms with Gasteiger partial charge in [-0.2, -0.15) is 0 Å². The second-order valence-electron chi connectivity index (χ2n) is 4.78. The first-order valence-corrected chi connectivity index (χ1v) is 6.70. The molecule has 1 aromatic carbocycles. The molecule has 0 unspecified atom stereocenters. The van der Waals surface area contributed by atoms with E-state index in [0.717, 1.165) is 33.7 Å². The van der Waals surface area contributed by atoms with Crippen LogP contribution in [-0.2, 0) is 6.42 Å². The Kier molecular flexibility index (Phi) is 3.48. The van der Waals surface area contributed by atoms with E-state index in [2.05, 4.69) is 9.97 Å². The number of benzene rings is 1. The van der Waals surface area contributed by atoms with Crippen LogP contribution in [0.25, 0.3) is 22.2 Å². The second kappa shape index (κ2) is 5.43. The third kappa shape index (κ3) is 2.42. The van der Waals surface area contributed by atoms with Crippen molar-refractivity contribution in [3.8, 4) is 11.3 Å². The first kappa shape index (κ1) is 12.8. The molecule has 2 aromatic heterocycles. The summed E-state index contributed by atoms with van der Waals surface area (Å²) in [7, 11) is 0. The molecule has 0 radical (unpaired) electrons. The highest BCUT2D eigenvalue weighted by atomic mass is 16.3. The van der Waals surface area contributed by atoms with Gasteiger partial charge >= 0.3 is 0 Å². The molecular formula is C16H16N2O2. The highest BCUT2D eigenvalue weighted by Crippen LogP contribution is 2.29. The minimum atomic E-state index is 0.154. The lowest BCUT2D eigenvalue weighted by Gasteiger charge is -2.04. The Bertz CT molecular complexity index is 734. The van der Waals surface area contributed by atoms with E-state index in [1.165, 1.54) is 0 Å². The molecule has 2 heterocycles. The van der Waals surface area contributed by atoms with Crippen LogP contribution in [0.5, 0.6) is 0 Å². The first-order chi connectivity index (χ1) is 9.78. The van der Waals surface area contributed by atoms with Gasteiger partial charge in [0.1, 0.15) is 17.7 Å². The number of fused-ring (bicyclic) bond motifs is 1. The molecule has 0 aliphatic heterocycles. The van der Waals surface area contributed by atoms with Crippen LogP contribution in [0.3, 0.4) is 0 Å². The number of para-hydroxylation sites is 1. The van der Waals surface area contributed by atoms with Crippen LogP contribution in [0.1, 0.15) is 17.9 Å². The zero-order chi connectivity index (χ0) is 13.9. The number of aliphatic hydroxyl groups excluding tert-OH is 1. The highest BCUT2D eigenvalue weighted by Gasteiger charge is 2.11. The average Bonchev–Trinajstić information content (AvgIpc) is 2.88. The third-order valence-corrected chi connectivity index (χ3v) is 3.22. The lowest BCUT2D eigenvalue weighted by molar-refractivity contribution is 0.287. The van der Waals surface area contributed by atoms with Crippen molar-refractivity contribution < 1.29 is 9.52 Å². The molecule has 4 nitrogen and oxygen atoms in total. The molecule has 3 rings (SSSR count). The summed E-state index contributed by atoms with van der Waals surface area (Å²) in [5.74, 6) is 0.763. The third-order valence-electron chi connectivity index (χ3n) is 3.22. The summed E-state index contributed by atoms with van der Waals surface area (Å²) < 4.78 is 5.56. The fourth-order valence-electron chi connectivity index (χ4n) is 2.29. The van der Waals surface area contributed by atoms with Gasteiger partial charge in [-0.05, 0) is 25.5 Å². The Morgan fingerprint density at radius 3 is 2.90 bits per heavy atom. The summed E-state index contributed by atoms with van der Waals surface area (Å²) in [4.78, 5) is 8.99. The zero-order valence-electron chi connectivity index (χ0n) is 11.3. The largest absolute Gasteiger partial charge is 0.464 e. The van der Waals surface area contributed by atoms with Crippen molar-refractivity contribution in [2.75, 3.05) is 6.61 Å². The van der Waals surface area contributed by atoms with E-state index in [-0.39, 0.29) is 6.61 Å². The summed E-state index contributed by atoms with van der Waals surface area (Å²) in [5.41, 5.74) is 3.63. The van der Waals surface area contributed by atoms with Crippen molar-refractivity contribution in [1.29, 1.82) is 0 Å². The van der Waals surface area contributed by atoms with Crippen LogP contribution < -0.4 is 0 Å². The van der Waals surface area contributed by atoms with Crippen LogP contribution in [0.15, 0.2) is 41.0 Å². The Morgan fingerprint density at radius 2 is 2.05 bits per heavy atom. The van der Waals surface area contributed by atoms with Crippen molar-refractivity contribution in [3.63, 3.8) is 0 Å². The predicted octanol–water partition coefficient (Wildman–Crippen LogP) is 3.12. The number of hydrogen-bond acceptors (Lipinski definition) is 4. The van der Waals surface area contributed by atoms with Crippen molar-refractivity contribution in [2.45, 2.75) is 19.8 Å². The number of furan rings is 1. The fourth-order valence-corrected chi connectivity index (χ4v) is 2.29. The van der Waals surface area contributed by atoms with Gasteiger partial charge in [-0.15, -0.1) is 0 Å². The van der Waals surface area contributed by atoms with E-state index in [9.17, 15) is 0 Å². The SMILES string of the molecule is Cc1cc(-c2coc3ccccc23)nc(CCCO)n1. The molecule has 4 heteroatoms. The van der Waals surface area contributed by atoms with E-state index in [1.807, 2.05) is 37.3 Å². The topological polar surface area (TPSA) is 59.2 Å². The molecule has 0 atom stereocenters. The van der Waals surface area contributed by atoms with Crippen LogP contribution in [0, 0.1) is 6.92 Å². The lowest BCUT2D eigenvalue weighted by Crippen LogP contribution is -2.00. The summed E-state index contributed by atoms with van der Waals surface area (Å²) in [5, 5.41) is 9.98. The molecule has 0 fully saturated rings. The number of aliphatic hydroxyl groups is 1. The first-order valence-electron chi connectivity index (χ1n) is 6.70. The Balaban J connectivity index is 2.07. The molecule has 0 spiro atoms. The molecule has 0 saturated heterocycles. The molecular weight excluding hydrogens is 252 g/mol. The Labute approximate surface area is 117 Å². The van der Waals surface area contributed by atoms with Gasteiger partial charge in [-0.1, -0.05) is 18.2 Å². The maximum absolute atomic E-state index is 8.92. The standard InChI is InChI=1S/C16H16N2O2/c1-11-9-14(18-16(17-11)7-4-8-19)13-10-20-15-6-3-2-5-12(13)15/h2-3,5-6,9-10,19H,4,7-8H2,1H3. The maximum atomic E-state index is 8.92. The number of hydrogen-bond donors (Lipinski definition) is 1. The van der Waals surface area contributed by atoms with E-state index < -0.39 is 0 Å².